The van der Waals surface area contributed by atoms with E-state index in [9.17, 15) is 13.2 Å². The van der Waals surface area contributed by atoms with Crippen LogP contribution in [-0.2, 0) is 4.74 Å². The SMILES string of the molecule is CNCC(OCCC(F)(F)F)c1ccc(Br)cc1. The zero-order chi connectivity index (χ0) is 13.6. The van der Waals surface area contributed by atoms with Crippen LogP contribution < -0.4 is 5.32 Å². The fourth-order valence-electron chi connectivity index (χ4n) is 1.45. The van der Waals surface area contributed by atoms with E-state index in [1.807, 2.05) is 24.3 Å². The minimum atomic E-state index is -4.18. The molecule has 0 bridgehead atoms. The molecule has 2 nitrogen and oxygen atoms in total. The number of rotatable bonds is 6. The standard InChI is InChI=1S/C12H15BrF3NO/c1-17-8-11(18-7-6-12(14,15)16)9-2-4-10(13)5-3-9/h2-5,11,17H,6-8H2,1H3. The maximum atomic E-state index is 12.0. The summed E-state index contributed by atoms with van der Waals surface area (Å²) < 4.78 is 42.3. The molecule has 0 amide bonds. The van der Waals surface area contributed by atoms with Gasteiger partial charge in [0, 0.05) is 11.0 Å². The number of hydrogen-bond donors (Lipinski definition) is 1. The van der Waals surface area contributed by atoms with Gasteiger partial charge in [-0.1, -0.05) is 28.1 Å². The topological polar surface area (TPSA) is 21.3 Å². The summed E-state index contributed by atoms with van der Waals surface area (Å²) in [7, 11) is 1.74. The van der Waals surface area contributed by atoms with Gasteiger partial charge in [0.1, 0.15) is 0 Å². The van der Waals surface area contributed by atoms with Gasteiger partial charge < -0.3 is 10.1 Å². The molecular formula is C12H15BrF3NO. The lowest BCUT2D eigenvalue weighted by atomic mass is 10.1. The molecule has 1 aromatic carbocycles. The van der Waals surface area contributed by atoms with E-state index in [0.717, 1.165) is 10.0 Å². The van der Waals surface area contributed by atoms with E-state index in [-0.39, 0.29) is 12.7 Å². The Morgan fingerprint density at radius 2 is 1.89 bits per heavy atom. The molecule has 0 saturated heterocycles. The van der Waals surface area contributed by atoms with E-state index in [4.69, 9.17) is 4.74 Å². The monoisotopic (exact) mass is 325 g/mol. The molecule has 0 aliphatic carbocycles. The van der Waals surface area contributed by atoms with Gasteiger partial charge in [0.2, 0.25) is 0 Å². The summed E-state index contributed by atoms with van der Waals surface area (Å²) in [6, 6.07) is 7.34. The van der Waals surface area contributed by atoms with E-state index < -0.39 is 12.6 Å². The first-order valence-corrected chi connectivity index (χ1v) is 6.30. The molecule has 0 heterocycles. The van der Waals surface area contributed by atoms with Crippen molar-refractivity contribution >= 4 is 15.9 Å². The smallest absolute Gasteiger partial charge is 0.372 e. The van der Waals surface area contributed by atoms with Crippen LogP contribution in [0.1, 0.15) is 18.1 Å². The molecule has 0 aromatic heterocycles. The second-order valence-corrected chi connectivity index (χ2v) is 4.75. The third kappa shape index (κ3) is 5.84. The normalized spacial score (nSPS) is 13.6. The number of alkyl halides is 3. The lowest BCUT2D eigenvalue weighted by molar-refractivity contribution is -0.149. The summed E-state index contributed by atoms with van der Waals surface area (Å²) in [5.41, 5.74) is 0.856. The van der Waals surface area contributed by atoms with Gasteiger partial charge >= 0.3 is 6.18 Å². The molecule has 0 saturated carbocycles. The molecule has 102 valence electrons. The average molecular weight is 326 g/mol. The van der Waals surface area contributed by atoms with E-state index in [0.29, 0.717) is 6.54 Å². The molecule has 1 rings (SSSR count). The van der Waals surface area contributed by atoms with Gasteiger partial charge in [-0.3, -0.25) is 0 Å². The first-order valence-electron chi connectivity index (χ1n) is 5.51. The molecule has 0 fully saturated rings. The molecule has 1 atom stereocenters. The molecule has 18 heavy (non-hydrogen) atoms. The van der Waals surface area contributed by atoms with Gasteiger partial charge in [-0.15, -0.1) is 0 Å². The Morgan fingerprint density at radius 3 is 2.39 bits per heavy atom. The van der Waals surface area contributed by atoms with Crippen LogP contribution in [0.15, 0.2) is 28.7 Å². The third-order valence-electron chi connectivity index (χ3n) is 2.34. The molecule has 0 radical (unpaired) electrons. The van der Waals surface area contributed by atoms with Crippen molar-refractivity contribution < 1.29 is 17.9 Å². The van der Waals surface area contributed by atoms with Crippen molar-refractivity contribution in [2.24, 2.45) is 0 Å². The highest BCUT2D eigenvalue weighted by Gasteiger charge is 2.27. The van der Waals surface area contributed by atoms with Crippen LogP contribution in [-0.4, -0.2) is 26.4 Å². The van der Waals surface area contributed by atoms with Gasteiger partial charge in [0.05, 0.1) is 19.1 Å². The molecule has 1 unspecified atom stereocenters. The van der Waals surface area contributed by atoms with Gasteiger partial charge in [-0.25, -0.2) is 0 Å². The van der Waals surface area contributed by atoms with Crippen molar-refractivity contribution in [1.29, 1.82) is 0 Å². The number of nitrogens with one attached hydrogen (secondary N) is 1. The highest BCUT2D eigenvalue weighted by atomic mass is 79.9. The maximum Gasteiger partial charge on any atom is 0.391 e. The van der Waals surface area contributed by atoms with Gasteiger partial charge in [0.25, 0.3) is 0 Å². The molecule has 6 heteroatoms. The molecule has 0 aliphatic heterocycles. The predicted molar refractivity (Wildman–Crippen MR) is 67.4 cm³/mol. The minimum absolute atomic E-state index is 0.327. The minimum Gasteiger partial charge on any atom is -0.372 e. The van der Waals surface area contributed by atoms with Crippen molar-refractivity contribution in [1.82, 2.24) is 5.32 Å². The highest BCUT2D eigenvalue weighted by Crippen LogP contribution is 2.23. The van der Waals surface area contributed by atoms with Crippen molar-refractivity contribution in [3.05, 3.63) is 34.3 Å². The van der Waals surface area contributed by atoms with Crippen LogP contribution in [0.5, 0.6) is 0 Å². The Kier molecular flexibility index (Phi) is 6.11. The van der Waals surface area contributed by atoms with Crippen molar-refractivity contribution in [3.63, 3.8) is 0 Å². The van der Waals surface area contributed by atoms with Crippen LogP contribution in [0.25, 0.3) is 0 Å². The summed E-state index contributed by atoms with van der Waals surface area (Å²) >= 11 is 3.31. The van der Waals surface area contributed by atoms with Crippen LogP contribution >= 0.6 is 15.9 Å². The fraction of sp³-hybridized carbons (Fsp3) is 0.500. The third-order valence-corrected chi connectivity index (χ3v) is 2.86. The number of halogens is 4. The highest BCUT2D eigenvalue weighted by molar-refractivity contribution is 9.10. The Balaban J connectivity index is 2.57. The van der Waals surface area contributed by atoms with Gasteiger partial charge in [0.15, 0.2) is 0 Å². The number of benzene rings is 1. The van der Waals surface area contributed by atoms with Crippen LogP contribution in [0.4, 0.5) is 13.2 Å². The molecule has 1 N–H and O–H groups in total. The van der Waals surface area contributed by atoms with Crippen molar-refractivity contribution in [2.45, 2.75) is 18.7 Å². The zero-order valence-corrected chi connectivity index (χ0v) is 11.5. The Bertz CT molecular complexity index is 353. The Hall–Kier alpha value is -0.590. The van der Waals surface area contributed by atoms with Crippen LogP contribution in [0.3, 0.4) is 0 Å². The van der Waals surface area contributed by atoms with E-state index in [1.165, 1.54) is 0 Å². The van der Waals surface area contributed by atoms with Crippen LogP contribution in [0, 0.1) is 0 Å². The van der Waals surface area contributed by atoms with Gasteiger partial charge in [-0.2, -0.15) is 13.2 Å². The predicted octanol–water partition coefficient (Wildman–Crippen LogP) is 3.68. The number of likely N-dealkylation sites (N-methyl/N-ethyl adjacent to an activating group) is 1. The lowest BCUT2D eigenvalue weighted by Gasteiger charge is -2.18. The molecular weight excluding hydrogens is 311 g/mol. The first kappa shape index (κ1) is 15.5. The van der Waals surface area contributed by atoms with E-state index >= 15 is 0 Å². The summed E-state index contributed by atoms with van der Waals surface area (Å²) in [4.78, 5) is 0. The average Bonchev–Trinajstić information content (AvgIpc) is 2.27. The fourth-order valence-corrected chi connectivity index (χ4v) is 1.72. The molecule has 0 spiro atoms. The quantitative estimate of drug-likeness (QED) is 0.861. The second kappa shape index (κ2) is 7.11. The largest absolute Gasteiger partial charge is 0.391 e. The molecule has 0 aliphatic rings. The zero-order valence-electron chi connectivity index (χ0n) is 9.93. The van der Waals surface area contributed by atoms with Gasteiger partial charge in [-0.05, 0) is 24.7 Å². The maximum absolute atomic E-state index is 12.0. The van der Waals surface area contributed by atoms with Crippen LogP contribution in [0.2, 0.25) is 0 Å². The Labute approximate surface area is 113 Å². The van der Waals surface area contributed by atoms with Crippen molar-refractivity contribution in [2.75, 3.05) is 20.2 Å². The Morgan fingerprint density at radius 1 is 1.28 bits per heavy atom. The number of ether oxygens (including phenoxy) is 1. The second-order valence-electron chi connectivity index (χ2n) is 3.83. The first-order chi connectivity index (χ1) is 8.42. The van der Waals surface area contributed by atoms with E-state index in [1.54, 1.807) is 7.05 Å². The lowest BCUT2D eigenvalue weighted by Crippen LogP contribution is -2.22. The summed E-state index contributed by atoms with van der Waals surface area (Å²) in [5.74, 6) is 0. The number of hydrogen-bond acceptors (Lipinski definition) is 2. The van der Waals surface area contributed by atoms with Crippen molar-refractivity contribution in [3.8, 4) is 0 Å². The summed E-state index contributed by atoms with van der Waals surface area (Å²) in [5, 5.41) is 2.91. The van der Waals surface area contributed by atoms with E-state index in [2.05, 4.69) is 21.2 Å². The molecule has 1 aromatic rings. The summed E-state index contributed by atoms with van der Waals surface area (Å²) in [6.07, 6.45) is -5.47. The summed E-state index contributed by atoms with van der Waals surface area (Å²) in [6.45, 7) is 0.144.